The van der Waals surface area contributed by atoms with Crippen LogP contribution >= 0.6 is 0 Å². The molecule has 1 amide bonds. The van der Waals surface area contributed by atoms with Gasteiger partial charge >= 0.3 is 5.97 Å². The van der Waals surface area contributed by atoms with Crippen LogP contribution in [0.15, 0.2) is 0 Å². The number of carboxylic acid groups (broad SMARTS) is 1. The molecule has 2 unspecified atom stereocenters. The number of amides is 1. The lowest BCUT2D eigenvalue weighted by molar-refractivity contribution is -0.144. The third kappa shape index (κ3) is 7.30. The molecular formula is C14H27NO3. The first-order valence-corrected chi connectivity index (χ1v) is 7.04. The number of primary amides is 1. The number of nitrogens with two attached hydrogens (primary N) is 1. The monoisotopic (exact) mass is 257 g/mol. The van der Waals surface area contributed by atoms with Gasteiger partial charge in [-0.25, -0.2) is 0 Å². The van der Waals surface area contributed by atoms with E-state index in [0.717, 1.165) is 25.7 Å². The summed E-state index contributed by atoms with van der Waals surface area (Å²) in [5.41, 5.74) is 5.09. The molecule has 0 rings (SSSR count). The lowest BCUT2D eigenvalue weighted by atomic mass is 9.82. The minimum atomic E-state index is -0.793. The Hall–Kier alpha value is -1.06. The first-order valence-electron chi connectivity index (χ1n) is 7.04. The third-order valence-corrected chi connectivity index (χ3v) is 3.54. The van der Waals surface area contributed by atoms with Crippen molar-refractivity contribution in [2.45, 2.75) is 65.2 Å². The van der Waals surface area contributed by atoms with Gasteiger partial charge in [0.2, 0.25) is 5.91 Å². The molecule has 0 radical (unpaired) electrons. The predicted molar refractivity (Wildman–Crippen MR) is 72.1 cm³/mol. The van der Waals surface area contributed by atoms with Gasteiger partial charge in [-0.15, -0.1) is 0 Å². The minimum Gasteiger partial charge on any atom is -0.481 e. The van der Waals surface area contributed by atoms with Gasteiger partial charge in [-0.2, -0.15) is 0 Å². The molecule has 0 aliphatic heterocycles. The molecule has 106 valence electrons. The van der Waals surface area contributed by atoms with Gasteiger partial charge in [-0.1, -0.05) is 46.0 Å². The Labute approximate surface area is 110 Å². The molecule has 0 aromatic rings. The van der Waals surface area contributed by atoms with Gasteiger partial charge in [0.25, 0.3) is 0 Å². The molecule has 0 spiro atoms. The Morgan fingerprint density at radius 2 is 1.78 bits per heavy atom. The Morgan fingerprint density at radius 1 is 1.11 bits per heavy atom. The van der Waals surface area contributed by atoms with Crippen molar-refractivity contribution in [2.24, 2.45) is 17.6 Å². The second-order valence-corrected chi connectivity index (χ2v) is 4.97. The molecule has 0 aliphatic rings. The molecule has 0 bridgehead atoms. The van der Waals surface area contributed by atoms with Gasteiger partial charge in [0.15, 0.2) is 0 Å². The second kappa shape index (κ2) is 9.92. The van der Waals surface area contributed by atoms with E-state index in [2.05, 4.69) is 6.92 Å². The van der Waals surface area contributed by atoms with Gasteiger partial charge in [-0.3, -0.25) is 9.59 Å². The minimum absolute atomic E-state index is 0.165. The number of carbonyl (C=O) groups is 2. The maximum absolute atomic E-state index is 11.2. The highest BCUT2D eigenvalue weighted by molar-refractivity contribution is 5.75. The molecule has 0 saturated heterocycles. The van der Waals surface area contributed by atoms with Crippen LogP contribution in [0.5, 0.6) is 0 Å². The Kier molecular flexibility index (Phi) is 9.33. The van der Waals surface area contributed by atoms with Crippen molar-refractivity contribution < 1.29 is 14.7 Å². The lowest BCUT2D eigenvalue weighted by Gasteiger charge is -2.22. The Bertz CT molecular complexity index is 253. The first kappa shape index (κ1) is 16.9. The fourth-order valence-corrected chi connectivity index (χ4v) is 2.38. The summed E-state index contributed by atoms with van der Waals surface area (Å²) in [5, 5.41) is 9.24. The summed E-state index contributed by atoms with van der Waals surface area (Å²) < 4.78 is 0. The van der Waals surface area contributed by atoms with Crippen molar-refractivity contribution >= 4 is 11.9 Å². The molecular weight excluding hydrogens is 230 g/mol. The Morgan fingerprint density at radius 3 is 2.22 bits per heavy atom. The molecule has 4 heteroatoms. The fraction of sp³-hybridized carbons (Fsp3) is 0.857. The number of aliphatic carboxylic acids is 1. The quantitative estimate of drug-likeness (QED) is 0.558. The van der Waals surface area contributed by atoms with E-state index in [1.807, 2.05) is 6.92 Å². The first-order chi connectivity index (χ1) is 8.52. The second-order valence-electron chi connectivity index (χ2n) is 4.97. The summed E-state index contributed by atoms with van der Waals surface area (Å²) in [7, 11) is 0. The van der Waals surface area contributed by atoms with Gasteiger partial charge < -0.3 is 10.8 Å². The molecule has 3 N–H and O–H groups in total. The van der Waals surface area contributed by atoms with Crippen LogP contribution in [0.1, 0.15) is 65.2 Å². The largest absolute Gasteiger partial charge is 0.481 e. The van der Waals surface area contributed by atoms with E-state index >= 15 is 0 Å². The molecule has 0 aromatic carbocycles. The standard InChI is InChI=1S/C14H27NO3/c1-3-5-6-7-8-11(4-2)12(14(17)18)9-10-13(15)16/h11-12H,3-10H2,1-2H3,(H2,15,16)(H,17,18). The van der Waals surface area contributed by atoms with Gasteiger partial charge in [-0.05, 0) is 18.8 Å². The van der Waals surface area contributed by atoms with Gasteiger partial charge in [0.05, 0.1) is 5.92 Å². The van der Waals surface area contributed by atoms with Gasteiger partial charge in [0.1, 0.15) is 0 Å². The Balaban J connectivity index is 4.24. The van der Waals surface area contributed by atoms with Crippen molar-refractivity contribution in [1.29, 1.82) is 0 Å². The van der Waals surface area contributed by atoms with E-state index in [1.165, 1.54) is 12.8 Å². The average molecular weight is 257 g/mol. The highest BCUT2D eigenvalue weighted by atomic mass is 16.4. The van der Waals surface area contributed by atoms with Crippen molar-refractivity contribution in [3.8, 4) is 0 Å². The molecule has 0 fully saturated rings. The smallest absolute Gasteiger partial charge is 0.306 e. The van der Waals surface area contributed by atoms with Crippen molar-refractivity contribution in [2.75, 3.05) is 0 Å². The van der Waals surface area contributed by atoms with E-state index in [4.69, 9.17) is 5.73 Å². The van der Waals surface area contributed by atoms with E-state index in [9.17, 15) is 14.7 Å². The number of unbranched alkanes of at least 4 members (excludes halogenated alkanes) is 3. The van der Waals surface area contributed by atoms with Crippen LogP contribution in [0, 0.1) is 11.8 Å². The lowest BCUT2D eigenvalue weighted by Crippen LogP contribution is -2.25. The SMILES string of the molecule is CCCCCCC(CC)C(CCC(N)=O)C(=O)O. The van der Waals surface area contributed by atoms with Crippen molar-refractivity contribution in [1.82, 2.24) is 0 Å². The number of carbonyl (C=O) groups excluding carboxylic acids is 1. The molecule has 4 nitrogen and oxygen atoms in total. The highest BCUT2D eigenvalue weighted by Crippen LogP contribution is 2.26. The van der Waals surface area contributed by atoms with Crippen molar-refractivity contribution in [3.05, 3.63) is 0 Å². The van der Waals surface area contributed by atoms with Crippen molar-refractivity contribution in [3.63, 3.8) is 0 Å². The zero-order chi connectivity index (χ0) is 14.0. The van der Waals surface area contributed by atoms with Crippen LogP contribution < -0.4 is 5.73 Å². The fourth-order valence-electron chi connectivity index (χ4n) is 2.38. The molecule has 0 heterocycles. The summed E-state index contributed by atoms with van der Waals surface area (Å²) in [6.07, 6.45) is 6.95. The van der Waals surface area contributed by atoms with E-state index < -0.39 is 17.8 Å². The zero-order valence-corrected chi connectivity index (χ0v) is 11.7. The van der Waals surface area contributed by atoms with Crippen LogP contribution in [-0.2, 0) is 9.59 Å². The van der Waals surface area contributed by atoms with E-state index in [0.29, 0.717) is 6.42 Å². The topological polar surface area (TPSA) is 80.4 Å². The molecule has 18 heavy (non-hydrogen) atoms. The summed E-state index contributed by atoms with van der Waals surface area (Å²) in [4.78, 5) is 22.0. The molecule has 0 saturated carbocycles. The average Bonchev–Trinajstić information content (AvgIpc) is 2.31. The van der Waals surface area contributed by atoms with Crippen LogP contribution in [0.25, 0.3) is 0 Å². The third-order valence-electron chi connectivity index (χ3n) is 3.54. The van der Waals surface area contributed by atoms with Crippen LogP contribution in [-0.4, -0.2) is 17.0 Å². The maximum Gasteiger partial charge on any atom is 0.306 e. The van der Waals surface area contributed by atoms with E-state index in [-0.39, 0.29) is 12.3 Å². The van der Waals surface area contributed by atoms with E-state index in [1.54, 1.807) is 0 Å². The molecule has 2 atom stereocenters. The zero-order valence-electron chi connectivity index (χ0n) is 11.7. The summed E-state index contributed by atoms with van der Waals surface area (Å²) in [6, 6.07) is 0. The maximum atomic E-state index is 11.2. The van der Waals surface area contributed by atoms with Crippen LogP contribution in [0.2, 0.25) is 0 Å². The van der Waals surface area contributed by atoms with Crippen LogP contribution in [0.3, 0.4) is 0 Å². The molecule has 0 aromatic heterocycles. The number of hydrogen-bond donors (Lipinski definition) is 2. The normalized spacial score (nSPS) is 14.1. The summed E-state index contributed by atoms with van der Waals surface area (Å²) >= 11 is 0. The van der Waals surface area contributed by atoms with Crippen LogP contribution in [0.4, 0.5) is 0 Å². The number of rotatable bonds is 11. The number of hydrogen-bond acceptors (Lipinski definition) is 2. The predicted octanol–water partition coefficient (Wildman–Crippen LogP) is 2.95. The van der Waals surface area contributed by atoms with Gasteiger partial charge in [0, 0.05) is 6.42 Å². The number of carboxylic acids is 1. The highest BCUT2D eigenvalue weighted by Gasteiger charge is 2.26. The molecule has 0 aliphatic carbocycles. The summed E-state index contributed by atoms with van der Waals surface area (Å²) in [5.74, 6) is -1.47. The summed E-state index contributed by atoms with van der Waals surface area (Å²) in [6.45, 7) is 4.18.